The first-order valence-corrected chi connectivity index (χ1v) is 16.1. The minimum Gasteiger partial charge on any atom is -0.339 e. The van der Waals surface area contributed by atoms with Gasteiger partial charge in [0.15, 0.2) is 0 Å². The molecule has 0 aliphatic carbocycles. The third kappa shape index (κ3) is 6.48. The molecule has 0 bridgehead atoms. The Bertz CT molecular complexity index is 1520. The van der Waals surface area contributed by atoms with Crippen LogP contribution in [0.5, 0.6) is 0 Å². The summed E-state index contributed by atoms with van der Waals surface area (Å²) in [6, 6.07) is 14.5. The Morgan fingerprint density at radius 1 is 0.842 bits per heavy atom. The number of hydrogen-bond donors (Lipinski definition) is 2. The summed E-state index contributed by atoms with van der Waals surface area (Å²) in [5, 5.41) is 0. The van der Waals surface area contributed by atoms with Crippen molar-refractivity contribution in [1.82, 2.24) is 4.90 Å². The van der Waals surface area contributed by atoms with Gasteiger partial charge in [-0.25, -0.2) is 21.2 Å². The van der Waals surface area contributed by atoms with Gasteiger partial charge >= 0.3 is 0 Å². The summed E-state index contributed by atoms with van der Waals surface area (Å²) in [5.74, 6) is -0.137. The van der Waals surface area contributed by atoms with E-state index in [2.05, 4.69) is 16.4 Å². The SMILES string of the molecule is CSc1ccc(S(=O)(=O)Nc2ccc(S(=O)(=O)Nc3ccc(F)cc3)cc2)cc1C(=O)N1CCC(C)CC1. The molecular formula is C26H28FN3O5S3. The van der Waals surface area contributed by atoms with Crippen LogP contribution in [0.1, 0.15) is 30.1 Å². The van der Waals surface area contributed by atoms with Crippen molar-refractivity contribution in [2.45, 2.75) is 34.5 Å². The number of hydrogen-bond acceptors (Lipinski definition) is 6. The van der Waals surface area contributed by atoms with Gasteiger partial charge in [0.1, 0.15) is 5.82 Å². The molecular weight excluding hydrogens is 550 g/mol. The van der Waals surface area contributed by atoms with Gasteiger partial charge in [0.25, 0.3) is 26.0 Å². The lowest BCUT2D eigenvalue weighted by atomic mass is 9.98. The Morgan fingerprint density at radius 3 is 1.89 bits per heavy atom. The summed E-state index contributed by atoms with van der Waals surface area (Å²) < 4.78 is 69.4. The fraction of sp³-hybridized carbons (Fsp3) is 0.269. The first-order chi connectivity index (χ1) is 18.0. The van der Waals surface area contributed by atoms with Crippen LogP contribution in [0.15, 0.2) is 81.4 Å². The maximum atomic E-state index is 13.2. The number of halogens is 1. The molecule has 0 spiro atoms. The molecule has 8 nitrogen and oxygen atoms in total. The van der Waals surface area contributed by atoms with E-state index in [1.807, 2.05) is 6.26 Å². The molecule has 1 saturated heterocycles. The molecule has 202 valence electrons. The molecule has 4 rings (SSSR count). The lowest BCUT2D eigenvalue weighted by Gasteiger charge is -2.30. The Labute approximate surface area is 226 Å². The van der Waals surface area contributed by atoms with Crippen molar-refractivity contribution in [1.29, 1.82) is 0 Å². The van der Waals surface area contributed by atoms with E-state index in [4.69, 9.17) is 0 Å². The highest BCUT2D eigenvalue weighted by Crippen LogP contribution is 2.28. The molecule has 1 aliphatic rings. The maximum absolute atomic E-state index is 13.2. The molecule has 3 aromatic rings. The molecule has 0 aromatic heterocycles. The summed E-state index contributed by atoms with van der Waals surface area (Å²) in [5.41, 5.74) is 0.676. The molecule has 0 atom stereocenters. The van der Waals surface area contributed by atoms with Crippen molar-refractivity contribution in [3.05, 3.63) is 78.1 Å². The molecule has 1 aliphatic heterocycles. The summed E-state index contributed by atoms with van der Waals surface area (Å²) in [6.45, 7) is 3.42. The fourth-order valence-electron chi connectivity index (χ4n) is 4.05. The van der Waals surface area contributed by atoms with Gasteiger partial charge in [0.2, 0.25) is 0 Å². The average Bonchev–Trinajstić information content (AvgIpc) is 2.89. The van der Waals surface area contributed by atoms with Crippen LogP contribution in [0.25, 0.3) is 0 Å². The second-order valence-corrected chi connectivity index (χ2v) is 13.3. The van der Waals surface area contributed by atoms with Crippen molar-refractivity contribution in [3.8, 4) is 0 Å². The number of anilines is 2. The molecule has 0 radical (unpaired) electrons. The minimum atomic E-state index is -4.07. The minimum absolute atomic E-state index is 0.0706. The van der Waals surface area contributed by atoms with E-state index in [1.54, 1.807) is 11.0 Å². The van der Waals surface area contributed by atoms with Gasteiger partial charge in [-0.05, 0) is 91.7 Å². The molecule has 38 heavy (non-hydrogen) atoms. The zero-order chi connectivity index (χ0) is 27.5. The number of rotatable bonds is 8. The molecule has 1 fully saturated rings. The lowest BCUT2D eigenvalue weighted by Crippen LogP contribution is -2.38. The molecule has 1 amide bonds. The first kappa shape index (κ1) is 27.9. The number of piperidine rings is 1. The van der Waals surface area contributed by atoms with Crippen LogP contribution in [-0.4, -0.2) is 47.0 Å². The maximum Gasteiger partial charge on any atom is 0.261 e. The molecule has 2 N–H and O–H groups in total. The Balaban J connectivity index is 1.52. The van der Waals surface area contributed by atoms with Crippen LogP contribution in [0.4, 0.5) is 15.8 Å². The number of thioether (sulfide) groups is 1. The number of sulfonamides is 2. The second kappa shape index (κ2) is 11.3. The zero-order valence-corrected chi connectivity index (χ0v) is 23.3. The van der Waals surface area contributed by atoms with Crippen molar-refractivity contribution < 1.29 is 26.0 Å². The van der Waals surface area contributed by atoms with Gasteiger partial charge in [-0.3, -0.25) is 14.2 Å². The largest absolute Gasteiger partial charge is 0.339 e. The molecule has 0 unspecified atom stereocenters. The molecule has 12 heteroatoms. The van der Waals surface area contributed by atoms with Crippen molar-refractivity contribution in [2.75, 3.05) is 28.8 Å². The summed E-state index contributed by atoms with van der Waals surface area (Å²) in [4.78, 5) is 15.5. The predicted molar refractivity (Wildman–Crippen MR) is 147 cm³/mol. The van der Waals surface area contributed by atoms with Crippen molar-refractivity contribution >= 4 is 49.1 Å². The predicted octanol–water partition coefficient (Wildman–Crippen LogP) is 5.02. The third-order valence-corrected chi connectivity index (χ3v) is 9.87. The molecule has 0 saturated carbocycles. The monoisotopic (exact) mass is 577 g/mol. The highest BCUT2D eigenvalue weighted by atomic mass is 32.2. The van der Waals surface area contributed by atoms with Crippen LogP contribution in [-0.2, 0) is 20.0 Å². The fourth-order valence-corrected chi connectivity index (χ4v) is 6.76. The van der Waals surface area contributed by atoms with Gasteiger partial charge in [-0.1, -0.05) is 6.92 Å². The summed E-state index contributed by atoms with van der Waals surface area (Å²) in [7, 11) is -8.04. The Hall–Kier alpha value is -3.09. The highest BCUT2D eigenvalue weighted by molar-refractivity contribution is 7.98. The van der Waals surface area contributed by atoms with Crippen LogP contribution < -0.4 is 9.44 Å². The molecule has 1 heterocycles. The zero-order valence-electron chi connectivity index (χ0n) is 20.8. The number of amides is 1. The van der Waals surface area contributed by atoms with Gasteiger partial charge in [0, 0.05) is 29.4 Å². The second-order valence-electron chi connectivity index (χ2n) is 9.08. The van der Waals surface area contributed by atoms with Gasteiger partial charge in [-0.2, -0.15) is 0 Å². The number of carbonyl (C=O) groups is 1. The standard InChI is InChI=1S/C26H28FN3O5S3/c1-18-13-15-30(16-14-18)26(31)24-17-23(11-12-25(24)36-2)38(34,35)29-21-7-9-22(10-8-21)37(32,33)28-20-5-3-19(27)4-6-20/h3-12,17-18,28-29H,13-16H2,1-2H3. The quantitative estimate of drug-likeness (QED) is 0.364. The van der Waals surface area contributed by atoms with E-state index in [0.717, 1.165) is 25.0 Å². The van der Waals surface area contributed by atoms with Crippen LogP contribution in [0.2, 0.25) is 0 Å². The van der Waals surface area contributed by atoms with Gasteiger partial charge < -0.3 is 4.90 Å². The Morgan fingerprint density at radius 2 is 1.34 bits per heavy atom. The van der Waals surface area contributed by atoms with E-state index in [-0.39, 0.29) is 27.1 Å². The van der Waals surface area contributed by atoms with Crippen LogP contribution >= 0.6 is 11.8 Å². The van der Waals surface area contributed by atoms with E-state index in [9.17, 15) is 26.0 Å². The highest BCUT2D eigenvalue weighted by Gasteiger charge is 2.25. The van der Waals surface area contributed by atoms with E-state index >= 15 is 0 Å². The lowest BCUT2D eigenvalue weighted by molar-refractivity contribution is 0.0693. The third-order valence-electron chi connectivity index (χ3n) is 6.30. The van der Waals surface area contributed by atoms with E-state index < -0.39 is 25.9 Å². The smallest absolute Gasteiger partial charge is 0.261 e. The van der Waals surface area contributed by atoms with E-state index in [0.29, 0.717) is 29.5 Å². The van der Waals surface area contributed by atoms with Crippen molar-refractivity contribution in [2.24, 2.45) is 5.92 Å². The van der Waals surface area contributed by atoms with Crippen LogP contribution in [0.3, 0.4) is 0 Å². The van der Waals surface area contributed by atoms with Gasteiger partial charge in [-0.15, -0.1) is 11.8 Å². The summed E-state index contributed by atoms with van der Waals surface area (Å²) in [6.07, 6.45) is 3.65. The average molecular weight is 578 g/mol. The number of benzene rings is 3. The Kier molecular flexibility index (Phi) is 8.34. The number of nitrogens with zero attached hydrogens (tertiary/aromatic N) is 1. The first-order valence-electron chi connectivity index (χ1n) is 11.9. The van der Waals surface area contributed by atoms with E-state index in [1.165, 1.54) is 60.3 Å². The number of nitrogens with one attached hydrogen (secondary N) is 2. The van der Waals surface area contributed by atoms with Gasteiger partial charge in [0.05, 0.1) is 15.4 Å². The van der Waals surface area contributed by atoms with Crippen LogP contribution in [0, 0.1) is 11.7 Å². The topological polar surface area (TPSA) is 113 Å². The number of carbonyl (C=O) groups excluding carboxylic acids is 1. The summed E-state index contributed by atoms with van der Waals surface area (Å²) >= 11 is 1.37. The number of likely N-dealkylation sites (tertiary alicyclic amines) is 1. The molecule has 3 aromatic carbocycles. The normalized spacial score (nSPS) is 14.8. The van der Waals surface area contributed by atoms with Crippen molar-refractivity contribution in [3.63, 3.8) is 0 Å².